The van der Waals surface area contributed by atoms with Crippen LogP contribution in [0.4, 0.5) is 0 Å². The Morgan fingerprint density at radius 2 is 2.12 bits per heavy atom. The molecular formula is C14H23NO. The van der Waals surface area contributed by atoms with E-state index in [4.69, 9.17) is 4.74 Å². The molecule has 1 unspecified atom stereocenters. The van der Waals surface area contributed by atoms with E-state index in [2.05, 4.69) is 31.3 Å². The van der Waals surface area contributed by atoms with Crippen molar-refractivity contribution < 1.29 is 4.74 Å². The van der Waals surface area contributed by atoms with E-state index in [-0.39, 0.29) is 0 Å². The van der Waals surface area contributed by atoms with Crippen LogP contribution in [-0.2, 0) is 6.42 Å². The van der Waals surface area contributed by atoms with Gasteiger partial charge in [0.25, 0.3) is 0 Å². The monoisotopic (exact) mass is 221 g/mol. The fraction of sp³-hybridized carbons (Fsp3) is 0.571. The van der Waals surface area contributed by atoms with E-state index in [1.807, 2.05) is 13.1 Å². The van der Waals surface area contributed by atoms with Crippen molar-refractivity contribution in [2.75, 3.05) is 14.2 Å². The Kier molecular flexibility index (Phi) is 5.33. The lowest BCUT2D eigenvalue weighted by molar-refractivity contribution is 0.414. The third-order valence-corrected chi connectivity index (χ3v) is 3.21. The molecule has 0 radical (unpaired) electrons. The van der Waals surface area contributed by atoms with E-state index in [1.54, 1.807) is 7.11 Å². The fourth-order valence-corrected chi connectivity index (χ4v) is 1.96. The molecule has 0 aliphatic rings. The molecule has 0 fully saturated rings. The van der Waals surface area contributed by atoms with Crippen molar-refractivity contribution in [1.29, 1.82) is 0 Å². The highest BCUT2D eigenvalue weighted by Gasteiger charge is 2.05. The molecule has 2 heteroatoms. The molecule has 2 nitrogen and oxygen atoms in total. The summed E-state index contributed by atoms with van der Waals surface area (Å²) >= 11 is 0. The number of rotatable bonds is 6. The average molecular weight is 221 g/mol. The summed E-state index contributed by atoms with van der Waals surface area (Å²) in [6.45, 7) is 4.38. The first-order valence-corrected chi connectivity index (χ1v) is 6.02. The molecule has 0 spiro atoms. The van der Waals surface area contributed by atoms with Crippen LogP contribution in [0.25, 0.3) is 0 Å². The van der Waals surface area contributed by atoms with E-state index >= 15 is 0 Å². The third-order valence-electron chi connectivity index (χ3n) is 3.21. The molecule has 1 atom stereocenters. The predicted octanol–water partition coefficient (Wildman–Crippen LogP) is 2.93. The lowest BCUT2D eigenvalue weighted by atomic mass is 10.00. The van der Waals surface area contributed by atoms with Crippen LogP contribution in [0.1, 0.15) is 30.9 Å². The molecule has 0 saturated heterocycles. The maximum atomic E-state index is 5.21. The molecule has 0 saturated carbocycles. The Morgan fingerprint density at radius 1 is 1.38 bits per heavy atom. The van der Waals surface area contributed by atoms with Gasteiger partial charge in [-0.25, -0.2) is 0 Å². The van der Waals surface area contributed by atoms with Crippen LogP contribution in [0.3, 0.4) is 0 Å². The molecule has 90 valence electrons. The first-order valence-electron chi connectivity index (χ1n) is 6.02. The van der Waals surface area contributed by atoms with Crippen molar-refractivity contribution in [3.05, 3.63) is 29.3 Å². The minimum Gasteiger partial charge on any atom is -0.497 e. The van der Waals surface area contributed by atoms with Crippen LogP contribution in [-0.4, -0.2) is 20.2 Å². The zero-order valence-electron chi connectivity index (χ0n) is 10.8. The molecule has 0 aromatic heterocycles. The summed E-state index contributed by atoms with van der Waals surface area (Å²) in [4.78, 5) is 0. The van der Waals surface area contributed by atoms with Crippen molar-refractivity contribution in [3.63, 3.8) is 0 Å². The molecule has 0 bridgehead atoms. The highest BCUT2D eigenvalue weighted by atomic mass is 16.5. The van der Waals surface area contributed by atoms with Gasteiger partial charge in [0.15, 0.2) is 0 Å². The summed E-state index contributed by atoms with van der Waals surface area (Å²) in [7, 11) is 3.75. The smallest absolute Gasteiger partial charge is 0.119 e. The average Bonchev–Trinajstić information content (AvgIpc) is 2.32. The Hall–Kier alpha value is -1.02. The number of hydrogen-bond donors (Lipinski definition) is 1. The standard InChI is InChI=1S/C14H23NO/c1-5-13(15-3)8-6-12-7-9-14(16-4)10-11(12)2/h7,9-10,13,15H,5-6,8H2,1-4H3. The normalized spacial score (nSPS) is 12.5. The molecule has 1 aromatic rings. The van der Waals surface area contributed by atoms with Crippen LogP contribution < -0.4 is 10.1 Å². The van der Waals surface area contributed by atoms with Gasteiger partial charge in [0.05, 0.1) is 7.11 Å². The van der Waals surface area contributed by atoms with Gasteiger partial charge in [0.1, 0.15) is 5.75 Å². The van der Waals surface area contributed by atoms with Gasteiger partial charge in [-0.1, -0.05) is 13.0 Å². The third kappa shape index (κ3) is 3.53. The summed E-state index contributed by atoms with van der Waals surface area (Å²) < 4.78 is 5.21. The SMILES string of the molecule is CCC(CCc1ccc(OC)cc1C)NC. The zero-order chi connectivity index (χ0) is 12.0. The lowest BCUT2D eigenvalue weighted by Crippen LogP contribution is -2.24. The number of benzene rings is 1. The highest BCUT2D eigenvalue weighted by molar-refractivity contribution is 5.34. The number of hydrogen-bond acceptors (Lipinski definition) is 2. The lowest BCUT2D eigenvalue weighted by Gasteiger charge is -2.14. The van der Waals surface area contributed by atoms with Crippen molar-refractivity contribution >= 4 is 0 Å². The fourth-order valence-electron chi connectivity index (χ4n) is 1.96. The maximum absolute atomic E-state index is 5.21. The van der Waals surface area contributed by atoms with Gasteiger partial charge in [-0.05, 0) is 56.5 Å². The minimum absolute atomic E-state index is 0.626. The summed E-state index contributed by atoms with van der Waals surface area (Å²) in [5.41, 5.74) is 2.75. The summed E-state index contributed by atoms with van der Waals surface area (Å²) in [5.74, 6) is 0.946. The largest absolute Gasteiger partial charge is 0.497 e. The Labute approximate surface area is 99.0 Å². The number of ether oxygens (including phenoxy) is 1. The molecular weight excluding hydrogens is 198 g/mol. The van der Waals surface area contributed by atoms with Gasteiger partial charge in [0, 0.05) is 6.04 Å². The van der Waals surface area contributed by atoms with E-state index < -0.39 is 0 Å². The molecule has 0 heterocycles. The van der Waals surface area contributed by atoms with E-state index in [0.717, 1.165) is 12.2 Å². The van der Waals surface area contributed by atoms with E-state index in [1.165, 1.54) is 24.0 Å². The van der Waals surface area contributed by atoms with Gasteiger partial charge in [-0.15, -0.1) is 0 Å². The van der Waals surface area contributed by atoms with Gasteiger partial charge >= 0.3 is 0 Å². The topological polar surface area (TPSA) is 21.3 Å². The molecule has 1 aromatic carbocycles. The van der Waals surface area contributed by atoms with Crippen LogP contribution >= 0.6 is 0 Å². The van der Waals surface area contributed by atoms with Crippen LogP contribution in [0.15, 0.2) is 18.2 Å². The molecule has 16 heavy (non-hydrogen) atoms. The van der Waals surface area contributed by atoms with Gasteiger partial charge in [-0.2, -0.15) is 0 Å². The molecule has 0 aliphatic heterocycles. The second-order valence-electron chi connectivity index (χ2n) is 4.22. The summed E-state index contributed by atoms with van der Waals surface area (Å²) in [6, 6.07) is 6.95. The van der Waals surface area contributed by atoms with Crippen LogP contribution in [0.2, 0.25) is 0 Å². The number of methoxy groups -OCH3 is 1. The molecule has 1 N–H and O–H groups in total. The highest BCUT2D eigenvalue weighted by Crippen LogP contribution is 2.18. The van der Waals surface area contributed by atoms with Crippen molar-refractivity contribution in [2.24, 2.45) is 0 Å². The Morgan fingerprint density at radius 3 is 2.62 bits per heavy atom. The van der Waals surface area contributed by atoms with Gasteiger partial charge < -0.3 is 10.1 Å². The maximum Gasteiger partial charge on any atom is 0.119 e. The Bertz CT molecular complexity index is 319. The second-order valence-corrected chi connectivity index (χ2v) is 4.22. The molecule has 1 rings (SSSR count). The zero-order valence-corrected chi connectivity index (χ0v) is 10.8. The molecule has 0 amide bonds. The quantitative estimate of drug-likeness (QED) is 0.797. The van der Waals surface area contributed by atoms with Crippen LogP contribution in [0.5, 0.6) is 5.75 Å². The first-order chi connectivity index (χ1) is 7.71. The minimum atomic E-state index is 0.626. The van der Waals surface area contributed by atoms with Gasteiger partial charge in [0.2, 0.25) is 0 Å². The first kappa shape index (κ1) is 13.0. The van der Waals surface area contributed by atoms with Crippen molar-refractivity contribution in [3.8, 4) is 5.75 Å². The number of nitrogens with one attached hydrogen (secondary N) is 1. The van der Waals surface area contributed by atoms with Crippen molar-refractivity contribution in [2.45, 2.75) is 39.2 Å². The molecule has 0 aliphatic carbocycles. The van der Waals surface area contributed by atoms with Crippen molar-refractivity contribution in [1.82, 2.24) is 5.32 Å². The second kappa shape index (κ2) is 6.54. The summed E-state index contributed by atoms with van der Waals surface area (Å²) in [6.07, 6.45) is 3.51. The number of aryl methyl sites for hydroxylation is 2. The van der Waals surface area contributed by atoms with E-state index in [0.29, 0.717) is 6.04 Å². The predicted molar refractivity (Wildman–Crippen MR) is 69.2 cm³/mol. The van der Waals surface area contributed by atoms with E-state index in [9.17, 15) is 0 Å². The summed E-state index contributed by atoms with van der Waals surface area (Å²) in [5, 5.41) is 3.34. The van der Waals surface area contributed by atoms with Gasteiger partial charge in [-0.3, -0.25) is 0 Å². The van der Waals surface area contributed by atoms with Crippen LogP contribution in [0, 0.1) is 6.92 Å². The Balaban J connectivity index is 2.60.